The highest BCUT2D eigenvalue weighted by atomic mass is 32.1. The third-order valence-electron chi connectivity index (χ3n) is 3.12. The fraction of sp³-hybridized carbons (Fsp3) is 0.333. The highest BCUT2D eigenvalue weighted by molar-refractivity contribution is 7.11. The number of amides is 1. The molecule has 0 aliphatic carbocycles. The molecule has 0 saturated carbocycles. The van der Waals surface area contributed by atoms with Crippen molar-refractivity contribution >= 4 is 22.9 Å². The van der Waals surface area contributed by atoms with Gasteiger partial charge in [0.1, 0.15) is 0 Å². The van der Waals surface area contributed by atoms with Crippen LogP contribution >= 0.6 is 11.3 Å². The zero-order valence-corrected chi connectivity index (χ0v) is 13.0. The topological polar surface area (TPSA) is 54.0 Å². The van der Waals surface area contributed by atoms with Crippen LogP contribution in [-0.2, 0) is 0 Å². The molecule has 0 fully saturated rings. The summed E-state index contributed by atoms with van der Waals surface area (Å²) in [6.07, 6.45) is 0. The average Bonchev–Trinajstić information content (AvgIpc) is 2.78. The zero-order valence-electron chi connectivity index (χ0n) is 12.2. The number of anilines is 1. The fourth-order valence-corrected chi connectivity index (χ4v) is 3.01. The molecule has 0 saturated heterocycles. The van der Waals surface area contributed by atoms with Gasteiger partial charge in [0.15, 0.2) is 0 Å². The highest BCUT2D eigenvalue weighted by Crippen LogP contribution is 2.24. The molecular weight excluding hydrogens is 270 g/mol. The van der Waals surface area contributed by atoms with Crippen LogP contribution < -0.4 is 10.6 Å². The summed E-state index contributed by atoms with van der Waals surface area (Å²) in [5.41, 5.74) is 2.64. The molecule has 106 valence electrons. The molecule has 1 atom stereocenters. The number of nitrogens with zero attached hydrogens (tertiary/aromatic N) is 1. The molecule has 1 amide bonds. The summed E-state index contributed by atoms with van der Waals surface area (Å²) < 4.78 is 0. The van der Waals surface area contributed by atoms with Crippen LogP contribution in [0.1, 0.15) is 38.9 Å². The Kier molecular flexibility index (Phi) is 4.39. The lowest BCUT2D eigenvalue weighted by Crippen LogP contribution is -2.26. The first-order chi connectivity index (χ1) is 9.51. The van der Waals surface area contributed by atoms with E-state index >= 15 is 0 Å². The average molecular weight is 289 g/mol. The smallest absolute Gasteiger partial charge is 0.251 e. The van der Waals surface area contributed by atoms with Crippen LogP contribution in [0.15, 0.2) is 24.3 Å². The molecule has 0 spiro atoms. The summed E-state index contributed by atoms with van der Waals surface area (Å²) in [5, 5.41) is 7.07. The number of carbonyl (C=O) groups is 1. The molecule has 2 rings (SSSR count). The Labute approximate surface area is 123 Å². The third-order valence-corrected chi connectivity index (χ3v) is 4.37. The second-order valence-electron chi connectivity index (χ2n) is 4.71. The molecule has 20 heavy (non-hydrogen) atoms. The van der Waals surface area contributed by atoms with E-state index in [2.05, 4.69) is 15.6 Å². The molecule has 0 aliphatic rings. The predicted octanol–water partition coefficient (Wildman–Crippen LogP) is 3.29. The Morgan fingerprint density at radius 2 is 1.90 bits per heavy atom. The summed E-state index contributed by atoms with van der Waals surface area (Å²) >= 11 is 1.63. The number of thiazole rings is 1. The molecule has 1 unspecified atom stereocenters. The van der Waals surface area contributed by atoms with Crippen molar-refractivity contribution in [2.24, 2.45) is 0 Å². The van der Waals surface area contributed by atoms with Crippen LogP contribution in [0.3, 0.4) is 0 Å². The number of hydrogen-bond donors (Lipinski definition) is 2. The molecule has 1 heterocycles. The number of rotatable bonds is 4. The Morgan fingerprint density at radius 1 is 1.25 bits per heavy atom. The second kappa shape index (κ2) is 6.05. The summed E-state index contributed by atoms with van der Waals surface area (Å²) in [4.78, 5) is 17.7. The van der Waals surface area contributed by atoms with Gasteiger partial charge in [0.05, 0.1) is 16.7 Å². The van der Waals surface area contributed by atoms with Crippen molar-refractivity contribution in [3.63, 3.8) is 0 Å². The first-order valence-electron chi connectivity index (χ1n) is 6.54. The highest BCUT2D eigenvalue weighted by Gasteiger charge is 2.16. The quantitative estimate of drug-likeness (QED) is 0.908. The maximum Gasteiger partial charge on any atom is 0.251 e. The van der Waals surface area contributed by atoms with Gasteiger partial charge in [0.2, 0.25) is 0 Å². The number of aromatic nitrogens is 1. The Balaban J connectivity index is 2.08. The molecule has 1 aromatic heterocycles. The van der Waals surface area contributed by atoms with Crippen molar-refractivity contribution in [1.82, 2.24) is 10.3 Å². The van der Waals surface area contributed by atoms with Crippen LogP contribution in [0.25, 0.3) is 0 Å². The van der Waals surface area contributed by atoms with Crippen LogP contribution in [0, 0.1) is 13.8 Å². The van der Waals surface area contributed by atoms with Crippen molar-refractivity contribution < 1.29 is 4.79 Å². The molecule has 4 nitrogen and oxygen atoms in total. The van der Waals surface area contributed by atoms with Crippen molar-refractivity contribution in [2.45, 2.75) is 26.8 Å². The van der Waals surface area contributed by atoms with E-state index in [4.69, 9.17) is 0 Å². The number of aryl methyl sites for hydroxylation is 2. The number of nitrogens with one attached hydrogen (secondary N) is 2. The van der Waals surface area contributed by atoms with Gasteiger partial charge in [-0.05, 0) is 45.0 Å². The molecule has 5 heteroatoms. The fourth-order valence-electron chi connectivity index (χ4n) is 2.08. The van der Waals surface area contributed by atoms with E-state index in [1.807, 2.05) is 52.1 Å². The molecule has 0 bridgehead atoms. The van der Waals surface area contributed by atoms with E-state index in [1.54, 1.807) is 11.3 Å². The third kappa shape index (κ3) is 3.17. The van der Waals surface area contributed by atoms with Gasteiger partial charge < -0.3 is 10.6 Å². The summed E-state index contributed by atoms with van der Waals surface area (Å²) in [7, 11) is 1.85. The Bertz CT molecular complexity index is 604. The van der Waals surface area contributed by atoms with E-state index in [-0.39, 0.29) is 11.9 Å². The molecule has 0 aliphatic heterocycles. The Hall–Kier alpha value is -1.88. The number of benzene rings is 1. The van der Waals surface area contributed by atoms with E-state index in [9.17, 15) is 4.79 Å². The van der Waals surface area contributed by atoms with Gasteiger partial charge in [-0.2, -0.15) is 0 Å². The van der Waals surface area contributed by atoms with Crippen molar-refractivity contribution in [3.05, 3.63) is 45.4 Å². The predicted molar refractivity (Wildman–Crippen MR) is 83.5 cm³/mol. The van der Waals surface area contributed by atoms with Crippen LogP contribution in [-0.4, -0.2) is 17.9 Å². The van der Waals surface area contributed by atoms with Crippen molar-refractivity contribution in [2.75, 3.05) is 12.4 Å². The maximum atomic E-state index is 12.2. The standard InChI is InChI=1S/C15H19N3OS/c1-9-14(20-11(3)17-9)10(2)18-15(19)12-5-7-13(16-4)8-6-12/h5-8,10,16H,1-4H3,(H,18,19). The van der Waals surface area contributed by atoms with Gasteiger partial charge in [-0.1, -0.05) is 0 Å². The minimum absolute atomic E-state index is 0.0299. The van der Waals surface area contributed by atoms with E-state index in [0.717, 1.165) is 21.3 Å². The van der Waals surface area contributed by atoms with E-state index in [0.29, 0.717) is 5.56 Å². The first-order valence-corrected chi connectivity index (χ1v) is 7.35. The molecular formula is C15H19N3OS. The van der Waals surface area contributed by atoms with Crippen LogP contribution in [0.2, 0.25) is 0 Å². The minimum atomic E-state index is -0.0643. The molecule has 0 radical (unpaired) electrons. The molecule has 2 aromatic rings. The monoisotopic (exact) mass is 289 g/mol. The lowest BCUT2D eigenvalue weighted by atomic mass is 10.1. The van der Waals surface area contributed by atoms with Gasteiger partial charge in [-0.3, -0.25) is 4.79 Å². The van der Waals surface area contributed by atoms with Gasteiger partial charge >= 0.3 is 0 Å². The number of carbonyl (C=O) groups excluding carboxylic acids is 1. The Morgan fingerprint density at radius 3 is 2.40 bits per heavy atom. The zero-order chi connectivity index (χ0) is 14.7. The maximum absolute atomic E-state index is 12.2. The molecule has 1 aromatic carbocycles. The van der Waals surface area contributed by atoms with E-state index in [1.165, 1.54) is 0 Å². The van der Waals surface area contributed by atoms with E-state index < -0.39 is 0 Å². The lowest BCUT2D eigenvalue weighted by Gasteiger charge is -2.13. The summed E-state index contributed by atoms with van der Waals surface area (Å²) in [6.45, 7) is 5.94. The van der Waals surface area contributed by atoms with Gasteiger partial charge in [-0.15, -0.1) is 11.3 Å². The first kappa shape index (κ1) is 14.5. The van der Waals surface area contributed by atoms with Gasteiger partial charge in [-0.25, -0.2) is 4.98 Å². The largest absolute Gasteiger partial charge is 0.388 e. The second-order valence-corrected chi connectivity index (χ2v) is 5.94. The van der Waals surface area contributed by atoms with Crippen LogP contribution in [0.5, 0.6) is 0 Å². The molecule has 2 N–H and O–H groups in total. The van der Waals surface area contributed by atoms with Crippen LogP contribution in [0.4, 0.5) is 5.69 Å². The minimum Gasteiger partial charge on any atom is -0.388 e. The summed E-state index contributed by atoms with van der Waals surface area (Å²) in [6, 6.07) is 7.39. The van der Waals surface area contributed by atoms with Gasteiger partial charge in [0.25, 0.3) is 5.91 Å². The van der Waals surface area contributed by atoms with Crippen molar-refractivity contribution in [3.8, 4) is 0 Å². The lowest BCUT2D eigenvalue weighted by molar-refractivity contribution is 0.0940. The summed E-state index contributed by atoms with van der Waals surface area (Å²) in [5.74, 6) is -0.0643. The van der Waals surface area contributed by atoms with Gasteiger partial charge in [0, 0.05) is 23.2 Å². The number of hydrogen-bond acceptors (Lipinski definition) is 4. The SMILES string of the molecule is CNc1ccc(C(=O)NC(C)c2sc(C)nc2C)cc1. The van der Waals surface area contributed by atoms with Crippen molar-refractivity contribution in [1.29, 1.82) is 0 Å². The normalized spacial score (nSPS) is 12.0.